The van der Waals surface area contributed by atoms with Gasteiger partial charge in [-0.2, -0.15) is 46.9 Å². The summed E-state index contributed by atoms with van der Waals surface area (Å²) in [6.45, 7) is 1.72. The minimum atomic E-state index is -4.86. The van der Waals surface area contributed by atoms with E-state index < -0.39 is 41.0 Å². The molecule has 0 heterocycles. The molecule has 2 atom stereocenters. The van der Waals surface area contributed by atoms with Gasteiger partial charge in [-0.05, 0) is 81.8 Å². The predicted molar refractivity (Wildman–Crippen MR) is 165 cm³/mol. The van der Waals surface area contributed by atoms with Gasteiger partial charge in [0.05, 0.1) is 22.6 Å². The zero-order valence-electron chi connectivity index (χ0n) is 25.0. The Labute approximate surface area is 273 Å². The molecule has 49 heavy (non-hydrogen) atoms. The first-order chi connectivity index (χ1) is 23.2. The monoisotopic (exact) mass is 670 g/mol. The van der Waals surface area contributed by atoms with Crippen molar-refractivity contribution in [2.24, 2.45) is 15.9 Å². The number of hydrogen-bond acceptors (Lipinski definition) is 4. The molecule has 0 fully saturated rings. The summed E-state index contributed by atoms with van der Waals surface area (Å²) in [4.78, 5) is 8.22. The second-order valence-electron chi connectivity index (χ2n) is 11.7. The maximum atomic E-state index is 14.5. The Balaban J connectivity index is 1.32. The molecule has 3 aliphatic rings. The summed E-state index contributed by atoms with van der Waals surface area (Å²) in [5.41, 5.74) is 3.57. The number of nitriles is 2. The molecular weight excluding hydrogens is 652 g/mol. The third-order valence-corrected chi connectivity index (χ3v) is 9.14. The van der Waals surface area contributed by atoms with Crippen LogP contribution in [-0.2, 0) is 12.4 Å². The van der Waals surface area contributed by atoms with E-state index in [1.165, 1.54) is 6.07 Å². The highest BCUT2D eigenvalue weighted by Gasteiger charge is 2.43. The summed E-state index contributed by atoms with van der Waals surface area (Å²) in [5, 5.41) is 19.3. The Morgan fingerprint density at radius 1 is 0.612 bits per heavy atom. The van der Waals surface area contributed by atoms with Gasteiger partial charge in [-0.1, -0.05) is 48.6 Å². The average molecular weight is 671 g/mol. The predicted octanol–water partition coefficient (Wildman–Crippen LogP) is 9.94. The van der Waals surface area contributed by atoms with E-state index in [-0.39, 0.29) is 17.0 Å². The van der Waals surface area contributed by atoms with Gasteiger partial charge in [0.25, 0.3) is 0 Å². The Bertz CT molecular complexity index is 2330. The molecular formula is C37H18F8N4. The Morgan fingerprint density at radius 3 is 1.78 bits per heavy atom. The molecule has 0 aliphatic heterocycles. The molecule has 7 rings (SSSR count). The van der Waals surface area contributed by atoms with Crippen LogP contribution in [0.5, 0.6) is 0 Å². The maximum Gasteiger partial charge on any atom is 0.419 e. The van der Waals surface area contributed by atoms with Crippen LogP contribution in [0.15, 0.2) is 94.4 Å². The van der Waals surface area contributed by atoms with Gasteiger partial charge in [0.15, 0.2) is 0 Å². The number of hydrogen-bond donors (Lipinski definition) is 0. The lowest BCUT2D eigenvalue weighted by Gasteiger charge is -2.21. The van der Waals surface area contributed by atoms with Crippen LogP contribution in [0.25, 0.3) is 27.8 Å². The number of fused-ring (bicyclic) bond motifs is 6. The largest absolute Gasteiger partial charge is 0.419 e. The molecule has 2 unspecified atom stereocenters. The summed E-state index contributed by atoms with van der Waals surface area (Å²) in [6, 6.07) is 13.7. The van der Waals surface area contributed by atoms with E-state index in [9.17, 15) is 45.6 Å². The molecule has 0 bridgehead atoms. The molecule has 0 amide bonds. The Morgan fingerprint density at radius 2 is 1.16 bits per heavy atom. The maximum absolute atomic E-state index is 14.5. The van der Waals surface area contributed by atoms with Crippen LogP contribution >= 0.6 is 0 Å². The molecule has 12 heteroatoms. The molecule has 0 spiro atoms. The summed E-state index contributed by atoms with van der Waals surface area (Å²) in [6.07, 6.45) is -2.28. The standard InChI is InChI=1S/C37H18F8N4/c1-17-21(20-4-9-30(32(39)12-20)37(43,44)45)6-7-23-25-14-27-24(13-28(25)35(33(17)23)49-16-47)22-5-2-18(10-26(22)34(27)48-15-46)19-3-8-29(31(38)11-19)36(40,41)42/h2-14,25,28H,1H3. The van der Waals surface area contributed by atoms with Crippen LogP contribution in [0.2, 0.25) is 0 Å². The lowest BCUT2D eigenvalue weighted by molar-refractivity contribution is -0.140. The SMILES string of the molecule is Cc1c(-c2ccc(C(F)(F)F)c(F)c2)ccc2c1C(=NC#N)C1C=C3C(=CC21)C(=NC#N)c1cc(-c2ccc(C(F)(F)F)c(F)c2)ccc13. The number of aliphatic imine (C=N–C) groups is 2. The second kappa shape index (κ2) is 11.1. The number of allylic oxidation sites excluding steroid dienone is 4. The van der Waals surface area contributed by atoms with Crippen molar-refractivity contribution >= 4 is 17.0 Å². The smallest absolute Gasteiger partial charge is 0.206 e. The van der Waals surface area contributed by atoms with Crippen molar-refractivity contribution in [3.8, 4) is 34.6 Å². The van der Waals surface area contributed by atoms with E-state index in [2.05, 4.69) is 9.98 Å². The number of rotatable bonds is 2. The van der Waals surface area contributed by atoms with Gasteiger partial charge < -0.3 is 0 Å². The third kappa shape index (κ3) is 5.03. The molecule has 242 valence electrons. The first-order valence-electron chi connectivity index (χ1n) is 14.6. The zero-order valence-corrected chi connectivity index (χ0v) is 25.0. The van der Waals surface area contributed by atoms with Crippen molar-refractivity contribution in [1.82, 2.24) is 0 Å². The quantitative estimate of drug-likeness (QED) is 0.157. The van der Waals surface area contributed by atoms with E-state index >= 15 is 0 Å². The highest BCUT2D eigenvalue weighted by atomic mass is 19.4. The summed E-state index contributed by atoms with van der Waals surface area (Å²) < 4.78 is 108. The van der Waals surface area contributed by atoms with Crippen molar-refractivity contribution < 1.29 is 35.1 Å². The van der Waals surface area contributed by atoms with E-state index in [1.807, 2.05) is 18.3 Å². The first kappa shape index (κ1) is 31.7. The fourth-order valence-electron chi connectivity index (χ4n) is 7.04. The summed E-state index contributed by atoms with van der Waals surface area (Å²) in [5.74, 6) is -3.70. The van der Waals surface area contributed by atoms with Crippen molar-refractivity contribution in [3.05, 3.63) is 135 Å². The second-order valence-corrected chi connectivity index (χ2v) is 11.7. The highest BCUT2D eigenvalue weighted by Crippen LogP contribution is 2.52. The molecule has 4 nitrogen and oxygen atoms in total. The van der Waals surface area contributed by atoms with Crippen LogP contribution in [-0.4, -0.2) is 11.4 Å². The average Bonchev–Trinajstić information content (AvgIpc) is 3.51. The van der Waals surface area contributed by atoms with Crippen LogP contribution in [0.4, 0.5) is 35.1 Å². The molecule has 3 aliphatic carbocycles. The molecule has 4 aromatic rings. The normalized spacial score (nSPS) is 19.4. The zero-order chi connectivity index (χ0) is 35.0. The first-order valence-corrected chi connectivity index (χ1v) is 14.6. The lowest BCUT2D eigenvalue weighted by atomic mass is 9.81. The van der Waals surface area contributed by atoms with E-state index in [4.69, 9.17) is 0 Å². The Hall–Kier alpha value is -5.88. The minimum Gasteiger partial charge on any atom is -0.206 e. The number of alkyl halides is 6. The van der Waals surface area contributed by atoms with Crippen LogP contribution in [0.1, 0.15) is 44.9 Å². The van der Waals surface area contributed by atoms with E-state index in [0.717, 1.165) is 23.8 Å². The number of nitrogens with zero attached hydrogens (tertiary/aromatic N) is 4. The van der Waals surface area contributed by atoms with Gasteiger partial charge in [0.1, 0.15) is 11.6 Å². The molecule has 0 aromatic heterocycles. The van der Waals surface area contributed by atoms with Gasteiger partial charge in [0.2, 0.25) is 12.4 Å². The summed E-state index contributed by atoms with van der Waals surface area (Å²) in [7, 11) is 0. The third-order valence-electron chi connectivity index (χ3n) is 9.14. The van der Waals surface area contributed by atoms with Crippen LogP contribution < -0.4 is 0 Å². The topological polar surface area (TPSA) is 72.3 Å². The fraction of sp³-hybridized carbons (Fsp3) is 0.135. The van der Waals surface area contributed by atoms with Crippen molar-refractivity contribution in [2.75, 3.05) is 0 Å². The minimum absolute atomic E-state index is 0.191. The summed E-state index contributed by atoms with van der Waals surface area (Å²) >= 11 is 0. The number of halogens is 8. The van der Waals surface area contributed by atoms with Crippen molar-refractivity contribution in [1.29, 1.82) is 10.5 Å². The number of benzene rings is 4. The van der Waals surface area contributed by atoms with Gasteiger partial charge in [0, 0.05) is 28.5 Å². The fourth-order valence-corrected chi connectivity index (χ4v) is 7.04. The van der Waals surface area contributed by atoms with E-state index in [0.29, 0.717) is 68.1 Å². The van der Waals surface area contributed by atoms with Gasteiger partial charge in [-0.25, -0.2) is 8.78 Å². The highest BCUT2D eigenvalue weighted by molar-refractivity contribution is 6.31. The van der Waals surface area contributed by atoms with E-state index in [1.54, 1.807) is 43.4 Å². The molecule has 0 radical (unpaired) electrons. The lowest BCUT2D eigenvalue weighted by Crippen LogP contribution is -2.16. The molecule has 4 aromatic carbocycles. The van der Waals surface area contributed by atoms with Gasteiger partial charge >= 0.3 is 12.4 Å². The van der Waals surface area contributed by atoms with Gasteiger partial charge in [-0.3, -0.25) is 0 Å². The molecule has 0 N–H and O–H groups in total. The Kier molecular flexibility index (Phi) is 7.18. The molecule has 0 saturated heterocycles. The van der Waals surface area contributed by atoms with Crippen LogP contribution in [0.3, 0.4) is 0 Å². The molecule has 0 saturated carbocycles. The van der Waals surface area contributed by atoms with Crippen molar-refractivity contribution in [3.63, 3.8) is 0 Å². The van der Waals surface area contributed by atoms with Gasteiger partial charge in [-0.15, -0.1) is 0 Å². The van der Waals surface area contributed by atoms with Crippen molar-refractivity contribution in [2.45, 2.75) is 25.2 Å². The van der Waals surface area contributed by atoms with Crippen LogP contribution in [0, 0.1) is 47.4 Å².